The van der Waals surface area contributed by atoms with Crippen molar-refractivity contribution in [2.24, 2.45) is 0 Å². The average Bonchev–Trinajstić information content (AvgIpc) is 2.28. The molecule has 0 aromatic carbocycles. The van der Waals surface area contributed by atoms with Crippen LogP contribution < -0.4 is 10.1 Å². The van der Waals surface area contributed by atoms with Gasteiger partial charge in [0.15, 0.2) is 0 Å². The highest BCUT2D eigenvalue weighted by Crippen LogP contribution is 2.17. The second kappa shape index (κ2) is 4.28. The van der Waals surface area contributed by atoms with Crippen LogP contribution in [0.3, 0.4) is 0 Å². The summed E-state index contributed by atoms with van der Waals surface area (Å²) in [5.74, 6) is 0.963. The highest BCUT2D eigenvalue weighted by molar-refractivity contribution is 5.85. The second-order valence-corrected chi connectivity index (χ2v) is 2.51. The molecule has 2 rings (SSSR count). The number of ether oxygens (including phenoxy) is 1. The van der Waals surface area contributed by atoms with Crippen LogP contribution in [0.25, 0.3) is 0 Å². The molecule has 0 amide bonds. The third-order valence-electron chi connectivity index (χ3n) is 1.71. The van der Waals surface area contributed by atoms with Crippen molar-refractivity contribution < 1.29 is 4.74 Å². The minimum atomic E-state index is 0. The fourth-order valence-corrected chi connectivity index (χ4v) is 1.14. The Morgan fingerprint density at radius 3 is 3.33 bits per heavy atom. The van der Waals surface area contributed by atoms with Crippen LogP contribution >= 0.6 is 12.4 Å². The van der Waals surface area contributed by atoms with Crippen molar-refractivity contribution in [3.05, 3.63) is 24.0 Å². The number of aromatic nitrogens is 1. The van der Waals surface area contributed by atoms with Gasteiger partial charge < -0.3 is 10.1 Å². The van der Waals surface area contributed by atoms with Crippen LogP contribution in [0.2, 0.25) is 0 Å². The van der Waals surface area contributed by atoms with E-state index in [1.807, 2.05) is 12.3 Å². The highest BCUT2D eigenvalue weighted by Gasteiger charge is 2.05. The number of rotatable bonds is 0. The summed E-state index contributed by atoms with van der Waals surface area (Å²) in [6.07, 6.45) is 3.60. The van der Waals surface area contributed by atoms with Crippen molar-refractivity contribution in [3.63, 3.8) is 0 Å². The number of nitrogens with one attached hydrogen (secondary N) is 1. The Morgan fingerprint density at radius 1 is 1.50 bits per heavy atom. The minimum absolute atomic E-state index is 0. The van der Waals surface area contributed by atoms with Crippen molar-refractivity contribution >= 4 is 12.4 Å². The van der Waals surface area contributed by atoms with Gasteiger partial charge in [-0.15, -0.1) is 12.4 Å². The zero-order valence-electron chi connectivity index (χ0n) is 6.62. The first-order valence-electron chi connectivity index (χ1n) is 3.73. The molecule has 0 saturated heterocycles. The summed E-state index contributed by atoms with van der Waals surface area (Å²) in [7, 11) is 0. The number of fused-ring (bicyclic) bond motifs is 1. The summed E-state index contributed by atoms with van der Waals surface area (Å²) < 4.78 is 5.45. The van der Waals surface area contributed by atoms with Crippen LogP contribution in [0.15, 0.2) is 18.5 Å². The lowest BCUT2D eigenvalue weighted by molar-refractivity contribution is 0.325. The molecule has 0 bridgehead atoms. The topological polar surface area (TPSA) is 34.2 Å². The van der Waals surface area contributed by atoms with Crippen molar-refractivity contribution in [1.82, 2.24) is 10.3 Å². The molecule has 0 atom stereocenters. The molecule has 4 heteroatoms. The quantitative estimate of drug-likeness (QED) is 0.656. The van der Waals surface area contributed by atoms with E-state index in [4.69, 9.17) is 4.74 Å². The Labute approximate surface area is 77.6 Å². The maximum absolute atomic E-state index is 5.45. The Morgan fingerprint density at radius 2 is 2.42 bits per heavy atom. The Kier molecular flexibility index (Phi) is 3.31. The largest absolute Gasteiger partial charge is 0.492 e. The number of hydrogen-bond acceptors (Lipinski definition) is 3. The smallest absolute Gasteiger partial charge is 0.126 e. The van der Waals surface area contributed by atoms with Gasteiger partial charge in [0.25, 0.3) is 0 Å². The molecule has 1 aromatic rings. The SMILES string of the molecule is Cl.c1cc2c(cn1)CNCCO2. The van der Waals surface area contributed by atoms with Gasteiger partial charge in [-0.1, -0.05) is 0 Å². The summed E-state index contributed by atoms with van der Waals surface area (Å²) in [6.45, 7) is 2.52. The monoisotopic (exact) mass is 186 g/mol. The molecule has 2 heterocycles. The number of pyridine rings is 1. The van der Waals surface area contributed by atoms with Crippen LogP contribution in [0.5, 0.6) is 5.75 Å². The minimum Gasteiger partial charge on any atom is -0.492 e. The van der Waals surface area contributed by atoms with Gasteiger partial charge in [0.05, 0.1) is 0 Å². The van der Waals surface area contributed by atoms with Crippen molar-refractivity contribution in [2.45, 2.75) is 6.54 Å². The molecular weight excluding hydrogens is 176 g/mol. The van der Waals surface area contributed by atoms with Gasteiger partial charge in [-0.3, -0.25) is 4.98 Å². The Hall–Kier alpha value is -0.800. The highest BCUT2D eigenvalue weighted by atomic mass is 35.5. The van der Waals surface area contributed by atoms with Gasteiger partial charge >= 0.3 is 0 Å². The van der Waals surface area contributed by atoms with E-state index >= 15 is 0 Å². The summed E-state index contributed by atoms with van der Waals surface area (Å²) >= 11 is 0. The van der Waals surface area contributed by atoms with E-state index in [1.54, 1.807) is 6.20 Å². The molecule has 0 radical (unpaired) electrons. The van der Waals surface area contributed by atoms with Crippen LogP contribution in [0.1, 0.15) is 5.56 Å². The van der Waals surface area contributed by atoms with E-state index in [1.165, 1.54) is 0 Å². The van der Waals surface area contributed by atoms with E-state index in [9.17, 15) is 0 Å². The van der Waals surface area contributed by atoms with Crippen LogP contribution in [0.4, 0.5) is 0 Å². The number of nitrogens with zero attached hydrogens (tertiary/aromatic N) is 1. The molecule has 0 aliphatic carbocycles. The van der Waals surface area contributed by atoms with Crippen LogP contribution in [-0.4, -0.2) is 18.1 Å². The lowest BCUT2D eigenvalue weighted by atomic mass is 10.2. The zero-order chi connectivity index (χ0) is 7.52. The van der Waals surface area contributed by atoms with E-state index in [2.05, 4.69) is 10.3 Å². The first-order chi connectivity index (χ1) is 5.47. The Bertz CT molecular complexity index is 230. The third kappa shape index (κ3) is 1.87. The van der Waals surface area contributed by atoms with Crippen LogP contribution in [-0.2, 0) is 6.54 Å². The third-order valence-corrected chi connectivity index (χ3v) is 1.71. The lowest BCUT2D eigenvalue weighted by Crippen LogP contribution is -2.16. The summed E-state index contributed by atoms with van der Waals surface area (Å²) in [5, 5.41) is 3.24. The first-order valence-corrected chi connectivity index (χ1v) is 3.73. The number of halogens is 1. The number of hydrogen-bond donors (Lipinski definition) is 1. The summed E-state index contributed by atoms with van der Waals surface area (Å²) in [6, 6.07) is 1.91. The van der Waals surface area contributed by atoms with Gasteiger partial charge in [-0.25, -0.2) is 0 Å². The van der Waals surface area contributed by atoms with Gasteiger partial charge in [0, 0.05) is 31.0 Å². The lowest BCUT2D eigenvalue weighted by Gasteiger charge is -2.03. The molecule has 1 N–H and O–H groups in total. The van der Waals surface area contributed by atoms with E-state index in [0.29, 0.717) is 0 Å². The zero-order valence-corrected chi connectivity index (χ0v) is 7.43. The summed E-state index contributed by atoms with van der Waals surface area (Å²) in [5.41, 5.74) is 1.14. The molecular formula is C8H11ClN2O. The van der Waals surface area contributed by atoms with Gasteiger partial charge in [0.2, 0.25) is 0 Å². The maximum Gasteiger partial charge on any atom is 0.126 e. The molecule has 0 saturated carbocycles. The van der Waals surface area contributed by atoms with E-state index in [-0.39, 0.29) is 12.4 Å². The molecule has 1 aliphatic heterocycles. The molecule has 0 fully saturated rings. The predicted octanol–water partition coefficient (Wildman–Crippen LogP) is 0.985. The first kappa shape index (κ1) is 9.29. The normalized spacial score (nSPS) is 15.0. The predicted molar refractivity (Wildman–Crippen MR) is 48.7 cm³/mol. The fraction of sp³-hybridized carbons (Fsp3) is 0.375. The molecule has 12 heavy (non-hydrogen) atoms. The molecule has 66 valence electrons. The molecule has 0 spiro atoms. The van der Waals surface area contributed by atoms with Gasteiger partial charge in [-0.05, 0) is 6.07 Å². The average molecular weight is 187 g/mol. The van der Waals surface area contributed by atoms with Crippen molar-refractivity contribution in [1.29, 1.82) is 0 Å². The summed E-state index contributed by atoms with van der Waals surface area (Å²) in [4.78, 5) is 4.02. The van der Waals surface area contributed by atoms with Crippen molar-refractivity contribution in [3.8, 4) is 5.75 Å². The molecule has 3 nitrogen and oxygen atoms in total. The standard InChI is InChI=1S/C8H10N2O.ClH/c1-2-9-5-7-6-10-3-4-11-8(1)7;/h1-2,5,10H,3-4,6H2;1H. The van der Waals surface area contributed by atoms with Crippen LogP contribution in [0, 0.1) is 0 Å². The van der Waals surface area contributed by atoms with Crippen molar-refractivity contribution in [2.75, 3.05) is 13.2 Å². The van der Waals surface area contributed by atoms with E-state index < -0.39 is 0 Å². The Balaban J connectivity index is 0.000000720. The maximum atomic E-state index is 5.45. The molecule has 1 aliphatic rings. The second-order valence-electron chi connectivity index (χ2n) is 2.51. The molecule has 0 unspecified atom stereocenters. The van der Waals surface area contributed by atoms with Gasteiger partial charge in [0.1, 0.15) is 12.4 Å². The van der Waals surface area contributed by atoms with Gasteiger partial charge in [-0.2, -0.15) is 0 Å². The fourth-order valence-electron chi connectivity index (χ4n) is 1.14. The van der Waals surface area contributed by atoms with E-state index in [0.717, 1.165) is 31.0 Å². The molecule has 1 aromatic heterocycles.